The highest BCUT2D eigenvalue weighted by molar-refractivity contribution is 5.92. The van der Waals surface area contributed by atoms with E-state index in [4.69, 9.17) is 5.73 Å². The molecular weight excluding hydrogens is 254 g/mol. The number of benzene rings is 1. The standard InChI is InChI=1S/C15H23N3O2/c1-18(9-12-6-14(19)7-12)10-15(20)17-13-4-2-3-11(5-13)8-16/h2-5,12,14,19H,6-10,16H2,1H3,(H,17,20). The van der Waals surface area contributed by atoms with Crippen molar-refractivity contribution in [3.8, 4) is 0 Å². The third-order valence-corrected chi connectivity index (χ3v) is 3.64. The van der Waals surface area contributed by atoms with E-state index in [1.54, 1.807) is 0 Å². The van der Waals surface area contributed by atoms with Gasteiger partial charge in [-0.25, -0.2) is 0 Å². The molecule has 0 unspecified atom stereocenters. The van der Waals surface area contributed by atoms with Crippen LogP contribution in [0.3, 0.4) is 0 Å². The van der Waals surface area contributed by atoms with Crippen LogP contribution in [0.4, 0.5) is 5.69 Å². The first-order valence-corrected chi connectivity index (χ1v) is 7.02. The lowest BCUT2D eigenvalue weighted by Crippen LogP contribution is -2.39. The number of anilines is 1. The van der Waals surface area contributed by atoms with Crippen molar-refractivity contribution < 1.29 is 9.90 Å². The molecule has 2 rings (SSSR count). The van der Waals surface area contributed by atoms with Gasteiger partial charge in [-0.2, -0.15) is 0 Å². The Morgan fingerprint density at radius 3 is 2.90 bits per heavy atom. The Morgan fingerprint density at radius 1 is 1.50 bits per heavy atom. The molecule has 0 saturated heterocycles. The lowest BCUT2D eigenvalue weighted by molar-refractivity contribution is -0.117. The van der Waals surface area contributed by atoms with Gasteiger partial charge in [-0.05, 0) is 43.5 Å². The number of carbonyl (C=O) groups excluding carboxylic acids is 1. The van der Waals surface area contributed by atoms with Gasteiger partial charge in [0.25, 0.3) is 0 Å². The number of aliphatic hydroxyl groups is 1. The van der Waals surface area contributed by atoms with Gasteiger partial charge in [0, 0.05) is 18.8 Å². The number of rotatable bonds is 6. The number of carbonyl (C=O) groups is 1. The second-order valence-electron chi connectivity index (χ2n) is 5.64. The van der Waals surface area contributed by atoms with E-state index in [1.807, 2.05) is 36.2 Å². The monoisotopic (exact) mass is 277 g/mol. The Morgan fingerprint density at radius 2 is 2.25 bits per heavy atom. The van der Waals surface area contributed by atoms with Crippen molar-refractivity contribution in [1.29, 1.82) is 0 Å². The maximum atomic E-state index is 11.9. The summed E-state index contributed by atoms with van der Waals surface area (Å²) in [6.07, 6.45) is 1.57. The first-order chi connectivity index (χ1) is 9.56. The SMILES string of the molecule is CN(CC(=O)Nc1cccc(CN)c1)CC1CC(O)C1. The van der Waals surface area contributed by atoms with Crippen LogP contribution in [0.1, 0.15) is 18.4 Å². The van der Waals surface area contributed by atoms with Crippen molar-refractivity contribution in [2.24, 2.45) is 11.7 Å². The van der Waals surface area contributed by atoms with Crippen molar-refractivity contribution in [3.63, 3.8) is 0 Å². The Balaban J connectivity index is 1.76. The summed E-state index contributed by atoms with van der Waals surface area (Å²) in [5.74, 6) is 0.491. The first kappa shape index (κ1) is 15.0. The minimum absolute atomic E-state index is 0.0263. The second-order valence-corrected chi connectivity index (χ2v) is 5.64. The number of aliphatic hydroxyl groups excluding tert-OH is 1. The molecule has 110 valence electrons. The van der Waals surface area contributed by atoms with E-state index in [-0.39, 0.29) is 12.0 Å². The Labute approximate surface area is 119 Å². The van der Waals surface area contributed by atoms with E-state index in [2.05, 4.69) is 5.32 Å². The number of nitrogens with zero attached hydrogens (tertiary/aromatic N) is 1. The molecule has 1 aromatic rings. The number of likely N-dealkylation sites (N-methyl/N-ethyl adjacent to an activating group) is 1. The molecule has 1 amide bonds. The van der Waals surface area contributed by atoms with Gasteiger partial charge in [0.05, 0.1) is 12.6 Å². The fourth-order valence-electron chi connectivity index (χ4n) is 2.58. The van der Waals surface area contributed by atoms with Gasteiger partial charge in [0.1, 0.15) is 0 Å². The van der Waals surface area contributed by atoms with Crippen molar-refractivity contribution in [1.82, 2.24) is 4.90 Å². The maximum absolute atomic E-state index is 11.9. The van der Waals surface area contributed by atoms with E-state index in [0.29, 0.717) is 19.0 Å². The zero-order chi connectivity index (χ0) is 14.5. The van der Waals surface area contributed by atoms with E-state index < -0.39 is 0 Å². The third-order valence-electron chi connectivity index (χ3n) is 3.64. The third kappa shape index (κ3) is 4.30. The predicted molar refractivity (Wildman–Crippen MR) is 79.2 cm³/mol. The van der Waals surface area contributed by atoms with Crippen LogP contribution >= 0.6 is 0 Å². The minimum atomic E-state index is -0.138. The van der Waals surface area contributed by atoms with Crippen molar-refractivity contribution in [2.45, 2.75) is 25.5 Å². The van der Waals surface area contributed by atoms with Crippen molar-refractivity contribution >= 4 is 11.6 Å². The van der Waals surface area contributed by atoms with Gasteiger partial charge in [0.15, 0.2) is 0 Å². The second kappa shape index (κ2) is 6.83. The summed E-state index contributed by atoms with van der Waals surface area (Å²) < 4.78 is 0. The highest BCUT2D eigenvalue weighted by atomic mass is 16.3. The normalized spacial score (nSPS) is 21.6. The minimum Gasteiger partial charge on any atom is -0.393 e. The number of amides is 1. The van der Waals surface area contributed by atoms with Gasteiger partial charge in [-0.15, -0.1) is 0 Å². The highest BCUT2D eigenvalue weighted by Gasteiger charge is 2.28. The van der Waals surface area contributed by atoms with E-state index >= 15 is 0 Å². The maximum Gasteiger partial charge on any atom is 0.238 e. The summed E-state index contributed by atoms with van der Waals surface area (Å²) in [4.78, 5) is 13.9. The topological polar surface area (TPSA) is 78.6 Å². The molecule has 0 aliphatic heterocycles. The number of hydrogen-bond donors (Lipinski definition) is 3. The van der Waals surface area contributed by atoms with Crippen molar-refractivity contribution in [2.75, 3.05) is 25.5 Å². The molecule has 20 heavy (non-hydrogen) atoms. The van der Waals surface area contributed by atoms with Gasteiger partial charge in [-0.3, -0.25) is 9.69 Å². The number of nitrogens with two attached hydrogens (primary N) is 1. The largest absolute Gasteiger partial charge is 0.393 e. The Bertz CT molecular complexity index is 458. The van der Waals surface area contributed by atoms with Crippen LogP contribution < -0.4 is 11.1 Å². The molecule has 4 N–H and O–H groups in total. The van der Waals surface area contributed by atoms with Crippen LogP contribution in [0.25, 0.3) is 0 Å². The zero-order valence-corrected chi connectivity index (χ0v) is 11.9. The molecule has 5 nitrogen and oxygen atoms in total. The summed E-state index contributed by atoms with van der Waals surface area (Å²) >= 11 is 0. The molecular formula is C15H23N3O2. The smallest absolute Gasteiger partial charge is 0.238 e. The zero-order valence-electron chi connectivity index (χ0n) is 11.9. The van der Waals surface area contributed by atoms with E-state index in [9.17, 15) is 9.90 Å². The van der Waals surface area contributed by atoms with Crippen LogP contribution in [0.5, 0.6) is 0 Å². The lowest BCUT2D eigenvalue weighted by Gasteiger charge is -2.34. The molecule has 1 aromatic carbocycles. The number of hydrogen-bond acceptors (Lipinski definition) is 4. The lowest BCUT2D eigenvalue weighted by atomic mass is 9.82. The molecule has 1 saturated carbocycles. The molecule has 0 spiro atoms. The fourth-order valence-corrected chi connectivity index (χ4v) is 2.58. The van der Waals surface area contributed by atoms with Crippen LogP contribution in [0.15, 0.2) is 24.3 Å². The van der Waals surface area contributed by atoms with Crippen LogP contribution in [-0.4, -0.2) is 42.2 Å². The van der Waals surface area contributed by atoms with Crippen LogP contribution in [0.2, 0.25) is 0 Å². The van der Waals surface area contributed by atoms with E-state index in [1.165, 1.54) is 0 Å². The Hall–Kier alpha value is -1.43. The molecule has 1 fully saturated rings. The van der Waals surface area contributed by atoms with Crippen LogP contribution in [-0.2, 0) is 11.3 Å². The summed E-state index contributed by atoms with van der Waals surface area (Å²) in [5.41, 5.74) is 7.36. The average Bonchev–Trinajstić information content (AvgIpc) is 2.36. The summed E-state index contributed by atoms with van der Waals surface area (Å²) in [6.45, 7) is 1.68. The molecule has 1 aliphatic carbocycles. The number of nitrogens with one attached hydrogen (secondary N) is 1. The molecule has 0 atom stereocenters. The molecule has 0 aromatic heterocycles. The predicted octanol–water partition coefficient (Wildman–Crippen LogP) is 0.786. The van der Waals surface area contributed by atoms with Gasteiger partial charge in [-0.1, -0.05) is 12.1 Å². The molecule has 5 heteroatoms. The first-order valence-electron chi connectivity index (χ1n) is 7.02. The fraction of sp³-hybridized carbons (Fsp3) is 0.533. The molecule has 0 bridgehead atoms. The van der Waals surface area contributed by atoms with Crippen LogP contribution in [0, 0.1) is 5.92 Å². The Kier molecular flexibility index (Phi) is 5.11. The average molecular weight is 277 g/mol. The quantitative estimate of drug-likeness (QED) is 0.718. The van der Waals surface area contributed by atoms with Crippen molar-refractivity contribution in [3.05, 3.63) is 29.8 Å². The molecule has 0 radical (unpaired) electrons. The molecule has 1 aliphatic rings. The highest BCUT2D eigenvalue weighted by Crippen LogP contribution is 2.27. The molecule has 0 heterocycles. The summed E-state index contributed by atoms with van der Waals surface area (Å²) in [5, 5.41) is 12.1. The summed E-state index contributed by atoms with van der Waals surface area (Å²) in [7, 11) is 1.93. The van der Waals surface area contributed by atoms with Gasteiger partial charge < -0.3 is 16.2 Å². The van der Waals surface area contributed by atoms with E-state index in [0.717, 1.165) is 30.6 Å². The summed E-state index contributed by atoms with van der Waals surface area (Å²) in [6, 6.07) is 7.57. The van der Waals surface area contributed by atoms with Gasteiger partial charge in [0.2, 0.25) is 5.91 Å². The van der Waals surface area contributed by atoms with Gasteiger partial charge >= 0.3 is 0 Å².